The summed E-state index contributed by atoms with van der Waals surface area (Å²) in [5.74, 6) is 1.26. The van der Waals surface area contributed by atoms with Crippen LogP contribution in [0.25, 0.3) is 0 Å². The van der Waals surface area contributed by atoms with Crippen LogP contribution in [0.15, 0.2) is 29.0 Å². The molecule has 1 aromatic carbocycles. The monoisotopic (exact) mass is 297 g/mol. The predicted octanol–water partition coefficient (Wildman–Crippen LogP) is 3.73. The third-order valence-corrected chi connectivity index (χ3v) is 4.05. The van der Waals surface area contributed by atoms with Crippen LogP contribution in [0.1, 0.15) is 17.2 Å². The van der Waals surface area contributed by atoms with Gasteiger partial charge >= 0.3 is 0 Å². The minimum Gasteiger partial charge on any atom is -0.495 e. The second-order valence-electron chi connectivity index (χ2n) is 3.98. The summed E-state index contributed by atoms with van der Waals surface area (Å²) in [7, 11) is 5.12. The number of rotatable bonds is 5. The van der Waals surface area contributed by atoms with Gasteiger partial charge < -0.3 is 14.8 Å². The fraction of sp³-hybridized carbons (Fsp3) is 0.286. The lowest BCUT2D eigenvalue weighted by molar-refractivity contribution is 0.389. The van der Waals surface area contributed by atoms with E-state index in [1.54, 1.807) is 25.6 Å². The molecule has 0 aliphatic rings. The van der Waals surface area contributed by atoms with Gasteiger partial charge in [-0.05, 0) is 41.6 Å². The lowest BCUT2D eigenvalue weighted by Gasteiger charge is -2.20. The quantitative estimate of drug-likeness (QED) is 0.912. The van der Waals surface area contributed by atoms with Gasteiger partial charge in [0, 0.05) is 5.56 Å². The first-order valence-electron chi connectivity index (χ1n) is 5.82. The zero-order valence-corrected chi connectivity index (χ0v) is 12.6. The molecule has 0 fully saturated rings. The standard InChI is InChI=1S/C14H16ClNO2S/c1-16-13(9-6-7-19-8-9)10-4-5-11(17-2)12(15)14(10)18-3/h4-8,13,16H,1-3H3. The normalized spacial score (nSPS) is 12.2. The molecule has 1 heterocycles. The van der Waals surface area contributed by atoms with E-state index in [9.17, 15) is 0 Å². The number of nitrogens with one attached hydrogen (secondary N) is 1. The maximum Gasteiger partial charge on any atom is 0.146 e. The molecular weight excluding hydrogens is 282 g/mol. The molecule has 0 radical (unpaired) electrons. The summed E-state index contributed by atoms with van der Waals surface area (Å²) in [6.45, 7) is 0. The van der Waals surface area contributed by atoms with Crippen molar-refractivity contribution in [3.63, 3.8) is 0 Å². The van der Waals surface area contributed by atoms with Gasteiger partial charge in [-0.3, -0.25) is 0 Å². The topological polar surface area (TPSA) is 30.5 Å². The SMILES string of the molecule is CNC(c1ccsc1)c1ccc(OC)c(Cl)c1OC. The first-order chi connectivity index (χ1) is 9.22. The van der Waals surface area contributed by atoms with Crippen LogP contribution in [0, 0.1) is 0 Å². The number of benzene rings is 1. The molecular formula is C14H16ClNO2S. The predicted molar refractivity (Wildman–Crippen MR) is 79.8 cm³/mol. The van der Waals surface area contributed by atoms with Gasteiger partial charge in [-0.2, -0.15) is 11.3 Å². The summed E-state index contributed by atoms with van der Waals surface area (Å²) >= 11 is 7.97. The molecule has 0 bridgehead atoms. The van der Waals surface area contributed by atoms with Crippen molar-refractivity contribution in [1.82, 2.24) is 5.32 Å². The molecule has 3 nitrogen and oxygen atoms in total. The van der Waals surface area contributed by atoms with Crippen LogP contribution in [0.4, 0.5) is 0 Å². The maximum atomic E-state index is 6.30. The molecule has 1 N–H and O–H groups in total. The van der Waals surface area contributed by atoms with Crippen LogP contribution in [0.2, 0.25) is 5.02 Å². The largest absolute Gasteiger partial charge is 0.495 e. The van der Waals surface area contributed by atoms with Crippen molar-refractivity contribution in [2.75, 3.05) is 21.3 Å². The number of thiophene rings is 1. The van der Waals surface area contributed by atoms with Gasteiger partial charge in [-0.1, -0.05) is 11.6 Å². The van der Waals surface area contributed by atoms with E-state index < -0.39 is 0 Å². The summed E-state index contributed by atoms with van der Waals surface area (Å²) < 4.78 is 10.7. The highest BCUT2D eigenvalue weighted by Gasteiger charge is 2.21. The fourth-order valence-electron chi connectivity index (χ4n) is 2.09. The summed E-state index contributed by atoms with van der Waals surface area (Å²) in [4.78, 5) is 0. The van der Waals surface area contributed by atoms with Crippen molar-refractivity contribution in [3.05, 3.63) is 45.1 Å². The number of hydrogen-bond acceptors (Lipinski definition) is 4. The molecule has 0 aliphatic carbocycles. The van der Waals surface area contributed by atoms with E-state index >= 15 is 0 Å². The van der Waals surface area contributed by atoms with E-state index in [0.717, 1.165) is 5.56 Å². The Kier molecular flexibility index (Phi) is 4.69. The highest BCUT2D eigenvalue weighted by Crippen LogP contribution is 2.41. The minimum atomic E-state index is 0.0459. The Morgan fingerprint density at radius 2 is 2.00 bits per heavy atom. The number of hydrogen-bond donors (Lipinski definition) is 1. The van der Waals surface area contributed by atoms with Gasteiger partial charge in [0.25, 0.3) is 0 Å². The zero-order chi connectivity index (χ0) is 13.8. The highest BCUT2D eigenvalue weighted by atomic mass is 35.5. The molecule has 2 aromatic rings. The molecule has 19 heavy (non-hydrogen) atoms. The Balaban J connectivity index is 2.52. The van der Waals surface area contributed by atoms with Gasteiger partial charge in [0.05, 0.1) is 20.3 Å². The van der Waals surface area contributed by atoms with Crippen molar-refractivity contribution in [2.45, 2.75) is 6.04 Å². The van der Waals surface area contributed by atoms with Crippen LogP contribution in [0.3, 0.4) is 0 Å². The second kappa shape index (κ2) is 6.28. The van der Waals surface area contributed by atoms with Crippen LogP contribution >= 0.6 is 22.9 Å². The van der Waals surface area contributed by atoms with Gasteiger partial charge in [0.15, 0.2) is 0 Å². The van der Waals surface area contributed by atoms with Gasteiger partial charge in [0.1, 0.15) is 16.5 Å². The minimum absolute atomic E-state index is 0.0459. The molecule has 0 saturated carbocycles. The van der Waals surface area contributed by atoms with E-state index in [2.05, 4.69) is 22.1 Å². The van der Waals surface area contributed by atoms with E-state index in [0.29, 0.717) is 16.5 Å². The summed E-state index contributed by atoms with van der Waals surface area (Å²) in [6.07, 6.45) is 0. The molecule has 0 saturated heterocycles. The lowest BCUT2D eigenvalue weighted by Crippen LogP contribution is -2.18. The molecule has 2 rings (SSSR count). The van der Waals surface area contributed by atoms with Crippen molar-refractivity contribution < 1.29 is 9.47 Å². The summed E-state index contributed by atoms with van der Waals surface area (Å²) in [5, 5.41) is 7.95. The van der Waals surface area contributed by atoms with Gasteiger partial charge in [-0.25, -0.2) is 0 Å². The lowest BCUT2D eigenvalue weighted by atomic mass is 10.00. The van der Waals surface area contributed by atoms with E-state index in [4.69, 9.17) is 21.1 Å². The zero-order valence-electron chi connectivity index (χ0n) is 11.1. The molecule has 0 aliphatic heterocycles. The van der Waals surface area contributed by atoms with Gasteiger partial charge in [-0.15, -0.1) is 0 Å². The number of ether oxygens (including phenoxy) is 2. The molecule has 102 valence electrons. The van der Waals surface area contributed by atoms with Crippen molar-refractivity contribution in [3.8, 4) is 11.5 Å². The Morgan fingerprint density at radius 3 is 2.53 bits per heavy atom. The third-order valence-electron chi connectivity index (χ3n) is 2.99. The average molecular weight is 298 g/mol. The highest BCUT2D eigenvalue weighted by molar-refractivity contribution is 7.08. The molecule has 1 aromatic heterocycles. The fourth-order valence-corrected chi connectivity index (χ4v) is 3.10. The second-order valence-corrected chi connectivity index (χ2v) is 5.14. The summed E-state index contributed by atoms with van der Waals surface area (Å²) in [6, 6.07) is 5.97. The van der Waals surface area contributed by atoms with Gasteiger partial charge in [0.2, 0.25) is 0 Å². The smallest absolute Gasteiger partial charge is 0.146 e. The molecule has 0 amide bonds. The Hall–Kier alpha value is -1.23. The van der Waals surface area contributed by atoms with E-state index in [1.165, 1.54) is 5.56 Å². The molecule has 1 atom stereocenters. The van der Waals surface area contributed by atoms with Crippen LogP contribution in [0.5, 0.6) is 11.5 Å². The van der Waals surface area contributed by atoms with Crippen molar-refractivity contribution >= 4 is 22.9 Å². The van der Waals surface area contributed by atoms with Crippen molar-refractivity contribution in [2.24, 2.45) is 0 Å². The van der Waals surface area contributed by atoms with Crippen molar-refractivity contribution in [1.29, 1.82) is 0 Å². The first-order valence-corrected chi connectivity index (χ1v) is 7.14. The van der Waals surface area contributed by atoms with Crippen LogP contribution < -0.4 is 14.8 Å². The number of halogens is 1. The van der Waals surface area contributed by atoms with E-state index in [1.807, 2.05) is 19.2 Å². The summed E-state index contributed by atoms with van der Waals surface area (Å²) in [5.41, 5.74) is 2.18. The first kappa shape index (κ1) is 14.2. The van der Waals surface area contributed by atoms with Crippen LogP contribution in [-0.4, -0.2) is 21.3 Å². The average Bonchev–Trinajstić information content (AvgIpc) is 2.94. The Labute approximate surface area is 122 Å². The Bertz CT molecular complexity index is 543. The molecule has 1 unspecified atom stereocenters. The maximum absolute atomic E-state index is 6.30. The Morgan fingerprint density at radius 1 is 1.21 bits per heavy atom. The third kappa shape index (κ3) is 2.71. The van der Waals surface area contributed by atoms with E-state index in [-0.39, 0.29) is 6.04 Å². The number of methoxy groups -OCH3 is 2. The molecule has 5 heteroatoms. The molecule has 0 spiro atoms. The van der Waals surface area contributed by atoms with Crippen LogP contribution in [-0.2, 0) is 0 Å².